The quantitative estimate of drug-likeness (QED) is 0.0317. The van der Waals surface area contributed by atoms with Crippen LogP contribution in [0, 0.1) is 0 Å². The Morgan fingerprint density at radius 3 is 2.06 bits per heavy atom. The number of esters is 1. The highest BCUT2D eigenvalue weighted by molar-refractivity contribution is 8.03. The van der Waals surface area contributed by atoms with E-state index in [9.17, 15) is 29.1 Å². The summed E-state index contributed by atoms with van der Waals surface area (Å²) in [7, 11) is 2.71. The van der Waals surface area contributed by atoms with Crippen molar-refractivity contribution in [2.24, 2.45) is 0 Å². The van der Waals surface area contributed by atoms with Crippen LogP contribution in [0.5, 0.6) is 5.75 Å². The minimum absolute atomic E-state index is 0.0474. The number of phenolic OH excluding ortho intramolecular Hbond substituents is 1. The SMILES string of the molecule is COC(=O)c1ccc(C2=CCN(Cl)C3=C2CNC(=O)[C@H](Cc2cn(C(=O)OC(C)(C)C)c4ccccc24)N(C)C(=O)[C@H](CCCCNC(=O)OC(C)(C)C)NC(=O)[C@H](CCCNC(=O)OC(C)(C)C)NCc2ccccc2S3)cc1O. The van der Waals surface area contributed by atoms with E-state index in [0.29, 0.717) is 57.5 Å². The van der Waals surface area contributed by atoms with Gasteiger partial charge in [-0.1, -0.05) is 60.3 Å². The normalized spacial score (nSPS) is 17.9. The van der Waals surface area contributed by atoms with Gasteiger partial charge in [0.05, 0.1) is 30.2 Å². The summed E-state index contributed by atoms with van der Waals surface area (Å²) in [5, 5.41) is 27.4. The lowest BCUT2D eigenvalue weighted by Gasteiger charge is -2.32. The molecule has 0 saturated heterocycles. The first-order valence-corrected chi connectivity index (χ1v) is 28.2. The van der Waals surface area contributed by atoms with Gasteiger partial charge in [-0.2, -0.15) is 0 Å². The first-order chi connectivity index (χ1) is 38.1. The summed E-state index contributed by atoms with van der Waals surface area (Å²) < 4.78 is 24.4. The second-order valence-corrected chi connectivity index (χ2v) is 24.2. The number of unbranched alkanes of at least 4 members (excludes halogenated alkanes) is 1. The van der Waals surface area contributed by atoms with Crippen LogP contribution in [0.1, 0.15) is 121 Å². The molecule has 1 aromatic heterocycles. The molecule has 438 valence electrons. The summed E-state index contributed by atoms with van der Waals surface area (Å²) in [6.07, 6.45) is 2.86. The zero-order chi connectivity index (χ0) is 59.4. The number of carbonyl (C=O) groups is 7. The zero-order valence-corrected chi connectivity index (χ0v) is 49.7. The number of alkyl carbamates (subject to hydrolysis) is 2. The van der Waals surface area contributed by atoms with Gasteiger partial charge in [0.2, 0.25) is 17.7 Å². The number of aromatic nitrogens is 1. The number of nitrogens with zero attached hydrogens (tertiary/aromatic N) is 3. The highest BCUT2D eigenvalue weighted by Crippen LogP contribution is 2.42. The topological polar surface area (TPSA) is 248 Å². The van der Waals surface area contributed by atoms with Gasteiger partial charge in [0.15, 0.2) is 0 Å². The largest absolute Gasteiger partial charge is 0.507 e. The molecule has 3 heterocycles. The van der Waals surface area contributed by atoms with Crippen LogP contribution in [0.15, 0.2) is 94.5 Å². The molecule has 3 atom stereocenters. The van der Waals surface area contributed by atoms with Gasteiger partial charge in [0, 0.05) is 73.5 Å². The number of ether oxygens (including phenoxy) is 4. The van der Waals surface area contributed by atoms with Gasteiger partial charge < -0.3 is 55.5 Å². The predicted molar refractivity (Wildman–Crippen MR) is 310 cm³/mol. The average Bonchev–Trinajstić information content (AvgIpc) is 3.84. The summed E-state index contributed by atoms with van der Waals surface area (Å²) >= 11 is 8.46. The van der Waals surface area contributed by atoms with Crippen LogP contribution < -0.4 is 26.6 Å². The monoisotopic (exact) mass is 1160 g/mol. The van der Waals surface area contributed by atoms with Crippen molar-refractivity contribution in [2.45, 2.75) is 147 Å². The number of halogens is 1. The maximum Gasteiger partial charge on any atom is 0.419 e. The Morgan fingerprint density at radius 1 is 0.778 bits per heavy atom. The van der Waals surface area contributed by atoms with Crippen LogP contribution in [-0.4, -0.2) is 136 Å². The number of benzene rings is 3. The van der Waals surface area contributed by atoms with Crippen LogP contribution in [0.2, 0.25) is 0 Å². The third-order valence-electron chi connectivity index (χ3n) is 12.9. The van der Waals surface area contributed by atoms with Crippen molar-refractivity contribution in [2.75, 3.05) is 40.3 Å². The Hall–Kier alpha value is -7.23. The van der Waals surface area contributed by atoms with E-state index in [1.165, 1.54) is 51.9 Å². The van der Waals surface area contributed by atoms with Crippen molar-refractivity contribution in [3.63, 3.8) is 0 Å². The molecule has 0 spiro atoms. The molecule has 0 saturated carbocycles. The van der Waals surface area contributed by atoms with E-state index >= 15 is 9.59 Å². The van der Waals surface area contributed by atoms with Crippen LogP contribution in [-0.2, 0) is 46.3 Å². The molecule has 0 aliphatic carbocycles. The van der Waals surface area contributed by atoms with E-state index in [0.717, 1.165) is 10.5 Å². The molecule has 2 aliphatic heterocycles. The molecule has 0 radical (unpaired) electrons. The van der Waals surface area contributed by atoms with Crippen LogP contribution in [0.3, 0.4) is 0 Å². The van der Waals surface area contributed by atoms with Crippen molar-refractivity contribution in [3.05, 3.63) is 112 Å². The fourth-order valence-corrected chi connectivity index (χ4v) is 10.5. The molecule has 6 rings (SSSR count). The van der Waals surface area contributed by atoms with E-state index in [-0.39, 0.29) is 63.3 Å². The number of amides is 5. The second-order valence-electron chi connectivity index (χ2n) is 22.8. The number of thioether (sulfide) groups is 1. The highest BCUT2D eigenvalue weighted by Gasteiger charge is 2.36. The Kier molecular flexibility index (Phi) is 21.4. The molecule has 20 nitrogen and oxygen atoms in total. The zero-order valence-electron chi connectivity index (χ0n) is 48.1. The molecule has 4 aromatic rings. The average molecular weight is 1160 g/mol. The third-order valence-corrected chi connectivity index (χ3v) is 14.6. The maximum atomic E-state index is 15.4. The Balaban J connectivity index is 1.47. The number of nitrogens with one attached hydrogen (secondary N) is 5. The Bertz CT molecular complexity index is 3030. The van der Waals surface area contributed by atoms with Crippen molar-refractivity contribution in [1.29, 1.82) is 0 Å². The number of phenols is 1. The molecule has 22 heteroatoms. The van der Waals surface area contributed by atoms with E-state index in [1.807, 2.05) is 36.4 Å². The maximum absolute atomic E-state index is 15.4. The van der Waals surface area contributed by atoms with E-state index in [2.05, 4.69) is 26.6 Å². The van der Waals surface area contributed by atoms with E-state index in [1.54, 1.807) is 92.8 Å². The van der Waals surface area contributed by atoms with Gasteiger partial charge in [-0.05, 0) is 141 Å². The first kappa shape index (κ1) is 63.0. The summed E-state index contributed by atoms with van der Waals surface area (Å²) in [6.45, 7) is 16.4. The number of para-hydroxylation sites is 1. The lowest BCUT2D eigenvalue weighted by molar-refractivity contribution is -0.142. The van der Waals surface area contributed by atoms with Crippen LogP contribution in [0.25, 0.3) is 16.5 Å². The summed E-state index contributed by atoms with van der Waals surface area (Å²) in [5.41, 5.74) is 1.12. The molecule has 81 heavy (non-hydrogen) atoms. The molecular formula is C59H77ClN8O12S. The number of hydrogen-bond acceptors (Lipinski definition) is 15. The van der Waals surface area contributed by atoms with Crippen molar-refractivity contribution >= 4 is 82.0 Å². The minimum atomic E-state index is -1.28. The second kappa shape index (κ2) is 27.5. The van der Waals surface area contributed by atoms with Gasteiger partial charge in [-0.25, -0.2) is 19.2 Å². The Labute approximate surface area is 483 Å². The first-order valence-electron chi connectivity index (χ1n) is 27.0. The smallest absolute Gasteiger partial charge is 0.419 e. The molecule has 3 aromatic carbocycles. The minimum Gasteiger partial charge on any atom is -0.507 e. The molecular weight excluding hydrogens is 1080 g/mol. The van der Waals surface area contributed by atoms with Crippen molar-refractivity contribution in [1.82, 2.24) is 40.5 Å². The number of aromatic hydroxyl groups is 1. The third kappa shape index (κ3) is 17.9. The van der Waals surface area contributed by atoms with Crippen molar-refractivity contribution in [3.8, 4) is 5.75 Å². The standard InChI is InChI=1S/C59H77ClN8O12S/c1-57(2,3)78-54(74)61-28-17-16-21-44-51(72)66(10)46(31-38-35-67(56(76)80-59(7,8)9)45-23-14-13-20-40(38)45)50(71)64-34-42-39(36-25-26-41(47(69)32-36)53(73)77-11)27-30-68(60)52(42)81-48-24-15-12-19-37(48)33-63-43(49(70)65-44)22-18-29-62-55(75)79-58(4,5)6/h12-15,19-20,23-27,32,35,43-44,46,63,69H,16-18,21-22,28-31,33-34H2,1-11H3,(H,61,74)(H,62,75)(H,64,71)(H,65,70)/t43-,44-,46-/m0/s1. The summed E-state index contributed by atoms with van der Waals surface area (Å²) in [5.74, 6) is -2.76. The fourth-order valence-electron chi connectivity index (χ4n) is 9.11. The van der Waals surface area contributed by atoms with Crippen LogP contribution >= 0.6 is 23.5 Å². The van der Waals surface area contributed by atoms with Gasteiger partial charge >= 0.3 is 24.2 Å². The number of rotatable bonds is 13. The lowest BCUT2D eigenvalue weighted by Crippen LogP contribution is -2.57. The lowest BCUT2D eigenvalue weighted by atomic mass is 9.94. The van der Waals surface area contributed by atoms with Crippen LogP contribution in [0.4, 0.5) is 14.4 Å². The fraction of sp³-hybridized carbons (Fsp3) is 0.475. The summed E-state index contributed by atoms with van der Waals surface area (Å²) in [4.78, 5) is 99.2. The van der Waals surface area contributed by atoms with Gasteiger partial charge in [-0.15, -0.1) is 0 Å². The molecule has 2 aliphatic rings. The number of fused-ring (bicyclic) bond motifs is 2. The number of methoxy groups -OCH3 is 1. The highest BCUT2D eigenvalue weighted by atomic mass is 35.5. The molecule has 0 fully saturated rings. The number of carbonyl (C=O) groups excluding carboxylic acids is 7. The van der Waals surface area contributed by atoms with Crippen molar-refractivity contribution < 1.29 is 57.6 Å². The van der Waals surface area contributed by atoms with Gasteiger partial charge in [0.1, 0.15) is 40.2 Å². The molecule has 6 N–H and O–H groups in total. The number of likely N-dealkylation sites (N-methyl/N-ethyl adjacent to an activating group) is 1. The Morgan fingerprint density at radius 2 is 1.41 bits per heavy atom. The van der Waals surface area contributed by atoms with Gasteiger partial charge in [0.25, 0.3) is 0 Å². The summed E-state index contributed by atoms with van der Waals surface area (Å²) in [6, 6.07) is 15.9. The molecule has 0 unspecified atom stereocenters. The molecule has 0 bridgehead atoms. The van der Waals surface area contributed by atoms with E-state index < -0.39 is 76.9 Å². The molecule has 5 amide bonds. The number of hydrogen-bond donors (Lipinski definition) is 6. The van der Waals surface area contributed by atoms with E-state index in [4.69, 9.17) is 30.7 Å². The predicted octanol–water partition coefficient (Wildman–Crippen LogP) is 8.92. The van der Waals surface area contributed by atoms with Gasteiger partial charge in [-0.3, -0.25) is 23.4 Å².